The van der Waals surface area contributed by atoms with Crippen LogP contribution in [0.2, 0.25) is 10.0 Å². The first-order chi connectivity index (χ1) is 20.8. The van der Waals surface area contributed by atoms with Crippen LogP contribution in [0.3, 0.4) is 0 Å². The van der Waals surface area contributed by atoms with E-state index in [-0.39, 0.29) is 36.0 Å². The number of halogens is 2. The summed E-state index contributed by atoms with van der Waals surface area (Å²) in [6.07, 6.45) is 2.22. The highest BCUT2D eigenvalue weighted by Gasteiger charge is 2.35. The summed E-state index contributed by atoms with van der Waals surface area (Å²) in [4.78, 5) is 49.3. The second kappa shape index (κ2) is 11.9. The maximum atomic E-state index is 14.4. The largest absolute Gasteiger partial charge is 0.355 e. The van der Waals surface area contributed by atoms with E-state index in [1.165, 1.54) is 0 Å². The molecule has 2 aliphatic rings. The number of anilines is 1. The van der Waals surface area contributed by atoms with E-state index in [1.54, 1.807) is 59.0 Å². The van der Waals surface area contributed by atoms with Crippen molar-refractivity contribution in [3.05, 3.63) is 121 Å². The van der Waals surface area contributed by atoms with Gasteiger partial charge >= 0.3 is 0 Å². The number of hydrogen-bond donors (Lipinski definition) is 1. The Hall–Kier alpha value is -4.14. The molecule has 0 aliphatic carbocycles. The maximum absolute atomic E-state index is 14.4. The minimum absolute atomic E-state index is 0.0407. The van der Waals surface area contributed by atoms with Crippen molar-refractivity contribution in [1.29, 1.82) is 0 Å². The van der Waals surface area contributed by atoms with Gasteiger partial charge in [-0.2, -0.15) is 0 Å². The van der Waals surface area contributed by atoms with Gasteiger partial charge in [0.25, 0.3) is 17.4 Å². The summed E-state index contributed by atoms with van der Waals surface area (Å²) < 4.78 is 1.66. The third-order valence-corrected chi connectivity index (χ3v) is 9.07. The van der Waals surface area contributed by atoms with Gasteiger partial charge in [0.1, 0.15) is 0 Å². The van der Waals surface area contributed by atoms with Gasteiger partial charge < -0.3 is 15.1 Å². The van der Waals surface area contributed by atoms with Crippen molar-refractivity contribution in [1.82, 2.24) is 19.8 Å². The predicted molar refractivity (Wildman–Crippen MR) is 168 cm³/mol. The van der Waals surface area contributed by atoms with Crippen LogP contribution in [0.5, 0.6) is 0 Å². The molecule has 8 nitrogen and oxygen atoms in total. The molecule has 0 bridgehead atoms. The molecule has 2 amide bonds. The molecule has 10 heteroatoms. The zero-order chi connectivity index (χ0) is 30.2. The van der Waals surface area contributed by atoms with E-state index in [0.717, 1.165) is 24.9 Å². The molecule has 1 saturated heterocycles. The summed E-state index contributed by atoms with van der Waals surface area (Å²) in [5.74, 6) is 0.128. The van der Waals surface area contributed by atoms with Gasteiger partial charge in [-0.15, -0.1) is 0 Å². The summed E-state index contributed by atoms with van der Waals surface area (Å²) in [7, 11) is 1.58. The Balaban J connectivity index is 1.46. The first-order valence-corrected chi connectivity index (χ1v) is 15.1. The van der Waals surface area contributed by atoms with Crippen molar-refractivity contribution >= 4 is 41.0 Å². The molecule has 3 aromatic carbocycles. The molecule has 43 heavy (non-hydrogen) atoms. The number of fused-ring (bicyclic) bond motifs is 1. The van der Waals surface area contributed by atoms with E-state index in [4.69, 9.17) is 28.2 Å². The Labute approximate surface area is 259 Å². The standard InChI is InChI=1S/C33H31Cl2N5O3/c1-20-17-25-28(19-39(20)31(42)23-12-15-26(34)27(35)18-23)37-33(38-16-6-9-29(38)21-7-4-3-5-8-21)40(32(25)43)24-13-10-22(11-14-24)30(41)36-2/h3-5,7-8,10-15,18,20,29H,6,9,16-17,19H2,1-2H3,(H,36,41)/t20-,29+/m1/s1. The van der Waals surface area contributed by atoms with Gasteiger partial charge in [-0.3, -0.25) is 14.4 Å². The zero-order valence-electron chi connectivity index (χ0n) is 23.9. The number of amides is 2. The molecule has 0 saturated carbocycles. The Morgan fingerprint density at radius 3 is 2.37 bits per heavy atom. The first kappa shape index (κ1) is 29.0. The third kappa shape index (κ3) is 5.41. The average Bonchev–Trinajstić information content (AvgIpc) is 3.52. The van der Waals surface area contributed by atoms with E-state index >= 15 is 0 Å². The van der Waals surface area contributed by atoms with Crippen molar-refractivity contribution in [2.45, 2.75) is 44.8 Å². The van der Waals surface area contributed by atoms with Crippen LogP contribution in [0, 0.1) is 0 Å². The van der Waals surface area contributed by atoms with Crippen LogP contribution in [-0.2, 0) is 13.0 Å². The number of benzene rings is 3. The number of hydrogen-bond acceptors (Lipinski definition) is 5. The SMILES string of the molecule is CNC(=O)c1ccc(-n2c(N3CCC[C@H]3c3ccccc3)nc3c(c2=O)C[C@@H](C)N(C(=O)c2ccc(Cl)c(Cl)c2)C3)cc1. The Morgan fingerprint density at radius 1 is 0.953 bits per heavy atom. The van der Waals surface area contributed by atoms with Crippen molar-refractivity contribution < 1.29 is 9.59 Å². The highest BCUT2D eigenvalue weighted by Crippen LogP contribution is 2.37. The van der Waals surface area contributed by atoms with E-state index in [0.29, 0.717) is 50.5 Å². The second-order valence-corrected chi connectivity index (χ2v) is 11.8. The Kier molecular flexibility index (Phi) is 7.99. The number of rotatable bonds is 5. The highest BCUT2D eigenvalue weighted by molar-refractivity contribution is 6.42. The lowest BCUT2D eigenvalue weighted by Crippen LogP contribution is -2.46. The van der Waals surface area contributed by atoms with Gasteiger partial charge in [0.15, 0.2) is 0 Å². The smallest absolute Gasteiger partial charge is 0.263 e. The van der Waals surface area contributed by atoms with Gasteiger partial charge in [0, 0.05) is 36.3 Å². The molecule has 0 spiro atoms. The molecule has 4 aromatic rings. The number of carbonyl (C=O) groups is 2. The monoisotopic (exact) mass is 615 g/mol. The normalized spacial score (nSPS) is 18.0. The fraction of sp³-hybridized carbons (Fsp3) is 0.273. The first-order valence-electron chi connectivity index (χ1n) is 14.3. The summed E-state index contributed by atoms with van der Waals surface area (Å²) >= 11 is 12.3. The van der Waals surface area contributed by atoms with E-state index in [1.807, 2.05) is 25.1 Å². The molecular weight excluding hydrogens is 585 g/mol. The lowest BCUT2D eigenvalue weighted by molar-refractivity contribution is 0.0653. The number of nitrogens with zero attached hydrogens (tertiary/aromatic N) is 4. The molecule has 1 fully saturated rings. The minimum atomic E-state index is -0.247. The van der Waals surface area contributed by atoms with E-state index < -0.39 is 0 Å². The van der Waals surface area contributed by atoms with Crippen molar-refractivity contribution in [3.63, 3.8) is 0 Å². The summed E-state index contributed by atoms with van der Waals surface area (Å²) in [5, 5.41) is 3.32. The van der Waals surface area contributed by atoms with Gasteiger partial charge in [-0.05, 0) is 74.2 Å². The van der Waals surface area contributed by atoms with Crippen molar-refractivity contribution in [2.24, 2.45) is 0 Å². The van der Waals surface area contributed by atoms with Crippen LogP contribution in [0.15, 0.2) is 77.6 Å². The molecule has 2 atom stereocenters. The molecule has 0 unspecified atom stereocenters. The van der Waals surface area contributed by atoms with E-state index in [9.17, 15) is 14.4 Å². The maximum Gasteiger partial charge on any atom is 0.263 e. The minimum Gasteiger partial charge on any atom is -0.355 e. The van der Waals surface area contributed by atoms with Crippen molar-refractivity contribution in [3.8, 4) is 5.69 Å². The highest BCUT2D eigenvalue weighted by atomic mass is 35.5. The lowest BCUT2D eigenvalue weighted by atomic mass is 9.98. The van der Waals surface area contributed by atoms with Gasteiger partial charge in [-0.25, -0.2) is 9.55 Å². The molecule has 3 heterocycles. The molecule has 220 valence electrons. The molecule has 1 N–H and O–H groups in total. The van der Waals surface area contributed by atoms with Crippen LogP contribution in [0.25, 0.3) is 5.69 Å². The summed E-state index contributed by atoms with van der Waals surface area (Å²) in [6.45, 7) is 2.85. The molecule has 6 rings (SSSR count). The number of carbonyl (C=O) groups excluding carboxylic acids is 2. The Bertz CT molecular complexity index is 1760. The van der Waals surface area contributed by atoms with Crippen molar-refractivity contribution in [2.75, 3.05) is 18.5 Å². The van der Waals surface area contributed by atoms with E-state index in [2.05, 4.69) is 22.3 Å². The fourth-order valence-electron chi connectivity index (χ4n) is 6.07. The van der Waals surface area contributed by atoms with Crippen LogP contribution < -0.4 is 15.8 Å². The molecule has 2 aliphatic heterocycles. The quantitative estimate of drug-likeness (QED) is 0.305. The fourth-order valence-corrected chi connectivity index (χ4v) is 6.37. The zero-order valence-corrected chi connectivity index (χ0v) is 25.4. The summed E-state index contributed by atoms with van der Waals surface area (Å²) in [5.41, 5.74) is 3.71. The van der Waals surface area contributed by atoms with Gasteiger partial charge in [-0.1, -0.05) is 53.5 Å². The lowest BCUT2D eigenvalue weighted by Gasteiger charge is -2.36. The molecule has 1 aromatic heterocycles. The van der Waals surface area contributed by atoms with Gasteiger partial charge in [0.2, 0.25) is 5.95 Å². The summed E-state index contributed by atoms with van der Waals surface area (Å²) in [6, 6.07) is 21.8. The van der Waals surface area contributed by atoms with Crippen LogP contribution in [-0.4, -0.2) is 45.9 Å². The number of aromatic nitrogens is 2. The van der Waals surface area contributed by atoms with Gasteiger partial charge in [0.05, 0.1) is 34.0 Å². The molecular formula is C33H31Cl2N5O3. The average molecular weight is 617 g/mol. The number of nitrogens with one attached hydrogen (secondary N) is 1. The topological polar surface area (TPSA) is 87.5 Å². The Morgan fingerprint density at radius 2 is 1.67 bits per heavy atom. The predicted octanol–water partition coefficient (Wildman–Crippen LogP) is 5.83. The molecule has 0 radical (unpaired) electrons. The second-order valence-electron chi connectivity index (χ2n) is 11.0. The third-order valence-electron chi connectivity index (χ3n) is 8.33. The van der Waals surface area contributed by atoms with Crippen LogP contribution >= 0.6 is 23.2 Å². The van der Waals surface area contributed by atoms with Crippen LogP contribution in [0.1, 0.15) is 63.3 Å². The van der Waals surface area contributed by atoms with Crippen LogP contribution in [0.4, 0.5) is 5.95 Å².